The number of pyridine rings is 2. The summed E-state index contributed by atoms with van der Waals surface area (Å²) >= 11 is 0. The summed E-state index contributed by atoms with van der Waals surface area (Å²) in [6.07, 6.45) is 6.54. The van der Waals surface area contributed by atoms with Crippen molar-refractivity contribution in [3.8, 4) is 33.6 Å². The second kappa shape index (κ2) is 13.9. The van der Waals surface area contributed by atoms with Crippen molar-refractivity contribution in [3.05, 3.63) is 127 Å². The van der Waals surface area contributed by atoms with E-state index in [1.807, 2.05) is 48.5 Å². The number of hydrogen-bond donors (Lipinski definition) is 0. The molecule has 1 fully saturated rings. The Morgan fingerprint density at radius 2 is 1.50 bits per heavy atom. The molecule has 1 aliphatic rings. The van der Waals surface area contributed by atoms with Crippen molar-refractivity contribution in [1.29, 1.82) is 0 Å². The van der Waals surface area contributed by atoms with Crippen molar-refractivity contribution in [2.45, 2.75) is 45.3 Å². The predicted molar refractivity (Wildman–Crippen MR) is 166 cm³/mol. The number of hydrogen-bond acceptors (Lipinski definition) is 2. The number of benzene rings is 3. The molecule has 1 radical (unpaired) electrons. The Morgan fingerprint density at radius 1 is 0.750 bits per heavy atom. The molecule has 0 unspecified atom stereocenters. The third kappa shape index (κ3) is 7.31. The molecular formula is C36H36IrN2Si-2. The van der Waals surface area contributed by atoms with Crippen LogP contribution in [-0.4, -0.2) is 18.0 Å². The molecule has 1 aliphatic heterocycles. The molecule has 6 rings (SSSR count). The second-order valence-corrected chi connectivity index (χ2v) is 15.7. The summed E-state index contributed by atoms with van der Waals surface area (Å²) in [5.74, 6) is 0.663. The van der Waals surface area contributed by atoms with Crippen LogP contribution in [0.5, 0.6) is 0 Å². The Balaban J connectivity index is 0.000000238. The molecule has 5 aromatic rings. The van der Waals surface area contributed by atoms with Crippen LogP contribution in [0.4, 0.5) is 0 Å². The van der Waals surface area contributed by atoms with Gasteiger partial charge in [0, 0.05) is 32.5 Å². The maximum absolute atomic E-state index is 4.90. The molecule has 40 heavy (non-hydrogen) atoms. The first-order valence-corrected chi connectivity index (χ1v) is 16.9. The molecule has 0 saturated carbocycles. The summed E-state index contributed by atoms with van der Waals surface area (Å²) in [5, 5.41) is 1.60. The Morgan fingerprint density at radius 3 is 2.15 bits per heavy atom. The zero-order valence-electron chi connectivity index (χ0n) is 23.5. The van der Waals surface area contributed by atoms with E-state index in [0.717, 1.165) is 28.9 Å². The van der Waals surface area contributed by atoms with Crippen LogP contribution in [0.3, 0.4) is 0 Å². The van der Waals surface area contributed by atoms with Gasteiger partial charge in [0.25, 0.3) is 0 Å². The average Bonchev–Trinajstić information content (AvgIpc) is 2.97. The fraction of sp³-hybridized carbons (Fsp3) is 0.222. The van der Waals surface area contributed by atoms with E-state index in [1.165, 1.54) is 35.2 Å². The van der Waals surface area contributed by atoms with Gasteiger partial charge in [0.15, 0.2) is 0 Å². The van der Waals surface area contributed by atoms with Crippen molar-refractivity contribution in [2.75, 3.05) is 0 Å². The maximum Gasteiger partial charge on any atom is 0.0859 e. The van der Waals surface area contributed by atoms with Crippen LogP contribution >= 0.6 is 0 Å². The number of nitrogens with zero attached hydrogens (tertiary/aromatic N) is 2. The minimum atomic E-state index is -1.24. The van der Waals surface area contributed by atoms with E-state index in [1.54, 1.807) is 11.4 Å². The van der Waals surface area contributed by atoms with Crippen molar-refractivity contribution in [3.63, 3.8) is 0 Å². The molecule has 3 aromatic carbocycles. The van der Waals surface area contributed by atoms with E-state index < -0.39 is 8.07 Å². The summed E-state index contributed by atoms with van der Waals surface area (Å²) in [7, 11) is -1.24. The van der Waals surface area contributed by atoms with Gasteiger partial charge in [0.1, 0.15) is 0 Å². The fourth-order valence-electron chi connectivity index (χ4n) is 5.27. The minimum Gasteiger partial charge on any atom is -0.305 e. The molecule has 205 valence electrons. The van der Waals surface area contributed by atoms with E-state index in [2.05, 4.69) is 92.2 Å². The largest absolute Gasteiger partial charge is 0.305 e. The van der Waals surface area contributed by atoms with Crippen molar-refractivity contribution >= 4 is 13.3 Å². The van der Waals surface area contributed by atoms with E-state index >= 15 is 0 Å². The first-order valence-electron chi connectivity index (χ1n) is 14.0. The van der Waals surface area contributed by atoms with Crippen LogP contribution in [0.1, 0.15) is 25.8 Å². The standard InChI is InChI=1S/C25H28NSi.C11H8N.Ir/c1-19(2)15-23-17-24(26-18-25(23)27(3)13-8-14-27)22-12-7-11-21(16-22)20-9-5-4-6-10-20;1-2-6-10(7-3-1)11-8-4-5-9-12-11;/h4-7,9-11,16-19H,8,13-15H2,1-3H3;1-6,8-9H;/q2*-1;. The average molecular weight is 717 g/mol. The molecule has 4 heteroatoms. The Hall–Kier alpha value is -3.17. The zero-order chi connectivity index (χ0) is 27.1. The van der Waals surface area contributed by atoms with Gasteiger partial charge in [0.2, 0.25) is 0 Å². The van der Waals surface area contributed by atoms with Crippen LogP contribution in [0, 0.1) is 18.1 Å². The van der Waals surface area contributed by atoms with Gasteiger partial charge >= 0.3 is 0 Å². The molecule has 3 heterocycles. The first-order chi connectivity index (χ1) is 19.0. The van der Waals surface area contributed by atoms with Gasteiger partial charge in [-0.05, 0) is 40.5 Å². The topological polar surface area (TPSA) is 25.8 Å². The van der Waals surface area contributed by atoms with E-state index in [4.69, 9.17) is 4.98 Å². The molecule has 2 nitrogen and oxygen atoms in total. The van der Waals surface area contributed by atoms with Crippen LogP contribution < -0.4 is 5.19 Å². The van der Waals surface area contributed by atoms with E-state index in [9.17, 15) is 0 Å². The van der Waals surface area contributed by atoms with Crippen LogP contribution in [0.25, 0.3) is 33.6 Å². The van der Waals surface area contributed by atoms with Crippen molar-refractivity contribution < 1.29 is 20.1 Å². The van der Waals surface area contributed by atoms with Gasteiger partial charge in [0.05, 0.1) is 8.07 Å². The molecule has 2 aromatic heterocycles. The Kier molecular flexibility index (Phi) is 10.4. The van der Waals surface area contributed by atoms with Gasteiger partial charge in [-0.15, -0.1) is 71.3 Å². The van der Waals surface area contributed by atoms with Crippen LogP contribution in [0.15, 0.2) is 109 Å². The quantitative estimate of drug-likeness (QED) is 0.130. The first kappa shape index (κ1) is 29.8. The molecular weight excluding hydrogens is 681 g/mol. The molecule has 0 bridgehead atoms. The molecule has 0 atom stereocenters. The van der Waals surface area contributed by atoms with Gasteiger partial charge < -0.3 is 9.97 Å². The molecule has 0 spiro atoms. The second-order valence-electron chi connectivity index (χ2n) is 11.1. The molecule has 1 saturated heterocycles. The molecule has 0 amide bonds. The van der Waals surface area contributed by atoms with Gasteiger partial charge in [-0.1, -0.05) is 93.0 Å². The predicted octanol–water partition coefficient (Wildman–Crippen LogP) is 8.65. The number of rotatable bonds is 6. The Bertz CT molecular complexity index is 1450. The summed E-state index contributed by atoms with van der Waals surface area (Å²) in [6.45, 7) is 7.17. The number of aromatic nitrogens is 2. The van der Waals surface area contributed by atoms with Crippen molar-refractivity contribution in [1.82, 2.24) is 9.97 Å². The third-order valence-electron chi connectivity index (χ3n) is 7.56. The zero-order valence-corrected chi connectivity index (χ0v) is 26.9. The van der Waals surface area contributed by atoms with E-state index in [-0.39, 0.29) is 20.1 Å². The molecule has 0 aliphatic carbocycles. The van der Waals surface area contributed by atoms with Gasteiger partial charge in [-0.2, -0.15) is 0 Å². The van der Waals surface area contributed by atoms with Crippen LogP contribution in [-0.2, 0) is 26.5 Å². The minimum absolute atomic E-state index is 0. The monoisotopic (exact) mass is 717 g/mol. The normalized spacial score (nSPS) is 13.4. The van der Waals surface area contributed by atoms with Gasteiger partial charge in [-0.3, -0.25) is 0 Å². The Labute approximate surface area is 254 Å². The summed E-state index contributed by atoms with van der Waals surface area (Å²) in [4.78, 5) is 9.12. The summed E-state index contributed by atoms with van der Waals surface area (Å²) in [6, 6.07) is 42.4. The summed E-state index contributed by atoms with van der Waals surface area (Å²) in [5.41, 5.74) is 8.15. The molecule has 0 N–H and O–H groups in total. The smallest absolute Gasteiger partial charge is 0.0859 e. The SMILES string of the molecule is CC(C)Cc1cc(-c2[c-]ccc(-c3ccccc3)c2)ncc1[Si]1(C)CCC1.[Ir].[c-]1ccccc1-c1ccccn1. The van der Waals surface area contributed by atoms with Crippen LogP contribution in [0.2, 0.25) is 18.6 Å². The van der Waals surface area contributed by atoms with E-state index in [0.29, 0.717) is 5.92 Å². The van der Waals surface area contributed by atoms with Crippen molar-refractivity contribution in [2.24, 2.45) is 5.92 Å². The maximum atomic E-state index is 4.90. The fourth-order valence-corrected chi connectivity index (χ4v) is 8.55. The summed E-state index contributed by atoms with van der Waals surface area (Å²) < 4.78 is 0. The third-order valence-corrected chi connectivity index (χ3v) is 12.2. The van der Waals surface area contributed by atoms with Gasteiger partial charge in [-0.25, -0.2) is 0 Å².